The maximum atomic E-state index is 13.5. The molecule has 0 amide bonds. The van der Waals surface area contributed by atoms with Crippen LogP contribution in [0.15, 0.2) is 48.5 Å². The zero-order valence-corrected chi connectivity index (χ0v) is 11.9. The highest BCUT2D eigenvalue weighted by Gasteiger charge is 2.11. The molecule has 0 atom stereocenters. The van der Waals surface area contributed by atoms with Gasteiger partial charge in [-0.05, 0) is 36.2 Å². The maximum Gasteiger partial charge on any atom is 0.123 e. The number of pyridine rings is 1. The minimum absolute atomic E-state index is 0.00999. The van der Waals surface area contributed by atoms with Gasteiger partial charge in [0.15, 0.2) is 0 Å². The predicted molar refractivity (Wildman–Crippen MR) is 82.9 cm³/mol. The summed E-state index contributed by atoms with van der Waals surface area (Å²) >= 11 is 6.19. The van der Waals surface area contributed by atoms with Crippen LogP contribution in [-0.2, 0) is 6.42 Å². The van der Waals surface area contributed by atoms with Gasteiger partial charge in [0, 0.05) is 17.6 Å². The number of aliphatic hydroxyl groups excluding tert-OH is 1. The number of rotatable bonds is 3. The average Bonchev–Trinajstić information content (AvgIpc) is 2.47. The van der Waals surface area contributed by atoms with Crippen LogP contribution >= 0.6 is 11.6 Å². The number of aromatic nitrogens is 1. The molecule has 0 radical (unpaired) electrons. The molecule has 0 fully saturated rings. The molecular weight excluding hydrogens is 289 g/mol. The number of fused-ring (bicyclic) bond motifs is 1. The van der Waals surface area contributed by atoms with Crippen molar-refractivity contribution < 1.29 is 9.50 Å². The van der Waals surface area contributed by atoms with Gasteiger partial charge in [-0.15, -0.1) is 0 Å². The van der Waals surface area contributed by atoms with Gasteiger partial charge in [-0.25, -0.2) is 9.37 Å². The molecule has 0 saturated carbocycles. The van der Waals surface area contributed by atoms with Crippen LogP contribution in [0.2, 0.25) is 5.02 Å². The highest BCUT2D eigenvalue weighted by Crippen LogP contribution is 2.29. The Kier molecular flexibility index (Phi) is 3.86. The van der Waals surface area contributed by atoms with E-state index in [4.69, 9.17) is 11.6 Å². The third-order valence-electron chi connectivity index (χ3n) is 3.35. The van der Waals surface area contributed by atoms with Crippen LogP contribution in [0.4, 0.5) is 4.39 Å². The smallest absolute Gasteiger partial charge is 0.123 e. The standard InChI is InChI=1S/C17H13ClFNO/c18-15-6-2-4-11-9-13(7-8-21)16(20-17(11)15)12-3-1-5-14(19)10-12/h1-6,9-10,21H,7-8H2. The summed E-state index contributed by atoms with van der Waals surface area (Å²) in [6.07, 6.45) is 0.460. The molecule has 3 rings (SSSR count). The number of nitrogens with zero attached hydrogens (tertiary/aromatic N) is 1. The molecule has 0 aliphatic rings. The lowest BCUT2D eigenvalue weighted by atomic mass is 10.0. The summed E-state index contributed by atoms with van der Waals surface area (Å²) in [6.45, 7) is 0.00999. The molecule has 4 heteroatoms. The largest absolute Gasteiger partial charge is 0.396 e. The van der Waals surface area contributed by atoms with Crippen molar-refractivity contribution in [2.45, 2.75) is 6.42 Å². The van der Waals surface area contributed by atoms with E-state index >= 15 is 0 Å². The van der Waals surface area contributed by atoms with Crippen LogP contribution in [0.5, 0.6) is 0 Å². The Balaban J connectivity index is 2.28. The molecule has 0 saturated heterocycles. The second kappa shape index (κ2) is 5.80. The van der Waals surface area contributed by atoms with Crippen LogP contribution in [0.3, 0.4) is 0 Å². The van der Waals surface area contributed by atoms with Gasteiger partial charge in [0.25, 0.3) is 0 Å². The van der Waals surface area contributed by atoms with Gasteiger partial charge in [-0.3, -0.25) is 0 Å². The lowest BCUT2D eigenvalue weighted by Crippen LogP contribution is -1.98. The van der Waals surface area contributed by atoms with Crippen molar-refractivity contribution in [2.24, 2.45) is 0 Å². The van der Waals surface area contributed by atoms with Gasteiger partial charge in [-0.2, -0.15) is 0 Å². The van der Waals surface area contributed by atoms with Gasteiger partial charge in [0.05, 0.1) is 16.2 Å². The van der Waals surface area contributed by atoms with E-state index in [9.17, 15) is 9.50 Å². The zero-order valence-electron chi connectivity index (χ0n) is 11.2. The van der Waals surface area contributed by atoms with Crippen molar-refractivity contribution >= 4 is 22.5 Å². The molecule has 0 unspecified atom stereocenters. The molecule has 0 bridgehead atoms. The third-order valence-corrected chi connectivity index (χ3v) is 3.66. The number of halogens is 2. The summed E-state index contributed by atoms with van der Waals surface area (Å²) in [6, 6.07) is 13.8. The molecular formula is C17H13ClFNO. The SMILES string of the molecule is OCCc1cc2cccc(Cl)c2nc1-c1cccc(F)c1. The minimum Gasteiger partial charge on any atom is -0.396 e. The highest BCUT2D eigenvalue weighted by molar-refractivity contribution is 6.35. The second-order valence-corrected chi connectivity index (χ2v) is 5.20. The first-order valence-corrected chi connectivity index (χ1v) is 7.02. The summed E-state index contributed by atoms with van der Waals surface area (Å²) in [4.78, 5) is 4.59. The number of benzene rings is 2. The monoisotopic (exact) mass is 301 g/mol. The molecule has 1 aromatic heterocycles. The quantitative estimate of drug-likeness (QED) is 0.785. The third kappa shape index (κ3) is 2.75. The first-order chi connectivity index (χ1) is 10.2. The first-order valence-electron chi connectivity index (χ1n) is 6.64. The van der Waals surface area contributed by atoms with Gasteiger partial charge >= 0.3 is 0 Å². The van der Waals surface area contributed by atoms with E-state index in [1.807, 2.05) is 18.2 Å². The molecule has 0 aliphatic heterocycles. The molecule has 21 heavy (non-hydrogen) atoms. The van der Waals surface area contributed by atoms with Gasteiger partial charge < -0.3 is 5.11 Å². The Morgan fingerprint density at radius 1 is 1.10 bits per heavy atom. The van der Waals surface area contributed by atoms with Crippen LogP contribution in [0.1, 0.15) is 5.56 Å². The van der Waals surface area contributed by atoms with E-state index in [1.165, 1.54) is 12.1 Å². The number of hydrogen-bond acceptors (Lipinski definition) is 2. The Hall–Kier alpha value is -1.97. The van der Waals surface area contributed by atoms with Gasteiger partial charge in [0.2, 0.25) is 0 Å². The van der Waals surface area contributed by atoms with Crippen LogP contribution in [0.25, 0.3) is 22.2 Å². The summed E-state index contributed by atoms with van der Waals surface area (Å²) < 4.78 is 13.5. The molecule has 1 N–H and O–H groups in total. The fraction of sp³-hybridized carbons (Fsp3) is 0.118. The van der Waals surface area contributed by atoms with Crippen LogP contribution in [0, 0.1) is 5.82 Å². The Morgan fingerprint density at radius 3 is 2.67 bits per heavy atom. The lowest BCUT2D eigenvalue weighted by molar-refractivity contribution is 0.299. The summed E-state index contributed by atoms with van der Waals surface area (Å²) in [7, 11) is 0. The van der Waals surface area contributed by atoms with Crippen molar-refractivity contribution in [3.05, 3.63) is 64.9 Å². The van der Waals surface area contributed by atoms with E-state index < -0.39 is 0 Å². The summed E-state index contributed by atoms with van der Waals surface area (Å²) in [5, 5.41) is 10.7. The molecule has 1 heterocycles. The number of hydrogen-bond donors (Lipinski definition) is 1. The molecule has 0 aliphatic carbocycles. The fourth-order valence-corrected chi connectivity index (χ4v) is 2.63. The predicted octanol–water partition coefficient (Wildman–Crippen LogP) is 4.23. The Morgan fingerprint density at radius 2 is 1.90 bits per heavy atom. The molecule has 2 nitrogen and oxygen atoms in total. The topological polar surface area (TPSA) is 33.1 Å². The van der Waals surface area contributed by atoms with Crippen molar-refractivity contribution in [1.82, 2.24) is 4.98 Å². The molecule has 2 aromatic carbocycles. The lowest BCUT2D eigenvalue weighted by Gasteiger charge is -2.11. The van der Waals surface area contributed by atoms with E-state index in [2.05, 4.69) is 4.98 Å². The maximum absolute atomic E-state index is 13.5. The molecule has 0 spiro atoms. The second-order valence-electron chi connectivity index (χ2n) is 4.79. The molecule has 3 aromatic rings. The van der Waals surface area contributed by atoms with Gasteiger partial charge in [0.1, 0.15) is 5.82 Å². The number of aliphatic hydroxyl groups is 1. The highest BCUT2D eigenvalue weighted by atomic mass is 35.5. The summed E-state index contributed by atoms with van der Waals surface area (Å²) in [5.41, 5.74) is 2.89. The first kappa shape index (κ1) is 14.0. The van der Waals surface area contributed by atoms with E-state index in [1.54, 1.807) is 18.2 Å². The Bertz CT molecular complexity index is 804. The molecule has 106 valence electrons. The van der Waals surface area contributed by atoms with Crippen molar-refractivity contribution in [1.29, 1.82) is 0 Å². The van der Waals surface area contributed by atoms with E-state index in [-0.39, 0.29) is 12.4 Å². The van der Waals surface area contributed by atoms with E-state index in [0.29, 0.717) is 28.2 Å². The minimum atomic E-state index is -0.316. The van der Waals surface area contributed by atoms with Gasteiger partial charge in [-0.1, -0.05) is 35.9 Å². The average molecular weight is 302 g/mol. The normalized spacial score (nSPS) is 11.0. The Labute approximate surface area is 126 Å². The van der Waals surface area contributed by atoms with E-state index in [0.717, 1.165) is 10.9 Å². The van der Waals surface area contributed by atoms with Crippen LogP contribution in [-0.4, -0.2) is 16.7 Å². The summed E-state index contributed by atoms with van der Waals surface area (Å²) in [5.74, 6) is -0.316. The fourth-order valence-electron chi connectivity index (χ4n) is 2.40. The van der Waals surface area contributed by atoms with Crippen molar-refractivity contribution in [3.63, 3.8) is 0 Å². The van der Waals surface area contributed by atoms with Crippen molar-refractivity contribution in [3.8, 4) is 11.3 Å². The van der Waals surface area contributed by atoms with Crippen LogP contribution < -0.4 is 0 Å². The zero-order chi connectivity index (χ0) is 14.8. The number of para-hydroxylation sites is 1. The van der Waals surface area contributed by atoms with Crippen molar-refractivity contribution in [2.75, 3.05) is 6.61 Å².